The van der Waals surface area contributed by atoms with Crippen molar-refractivity contribution in [3.8, 4) is 0 Å². The molecular weight excluding hydrogens is 931 g/mol. The number of aliphatic hydroxyl groups is 1. The number of carbonyl (C=O) groups is 4. The Kier molecular flexibility index (Phi) is 14.7. The number of hydrogen-bond donors (Lipinski definition) is 4. The Morgan fingerprint density at radius 1 is 0.803 bits per heavy atom. The SMILES string of the molecule is COCCN1c2ccc(S(=O)(=O)O)cc2C(C)(CCCS(=O)(=O)O)C1/C=C1\C(=O)C(/C=C2/N(CCOCCC(=O)ON3C(=O)CCC3=O)c3ccc(S(=O)(=O)O)cc3C2(C)CCOC)=C1O. The number of nitrogens with zero attached hydrogens (tertiary/aromatic N) is 3. The van der Waals surface area contributed by atoms with Crippen molar-refractivity contribution in [2.75, 3.05) is 69.3 Å². The third kappa shape index (κ3) is 10.3. The molecule has 24 heteroatoms. The molecule has 4 aliphatic rings. The van der Waals surface area contributed by atoms with Crippen LogP contribution >= 0.6 is 0 Å². The molecule has 3 atom stereocenters. The lowest BCUT2D eigenvalue weighted by Gasteiger charge is -2.37. The van der Waals surface area contributed by atoms with Gasteiger partial charge >= 0.3 is 5.97 Å². The molecule has 0 bridgehead atoms. The van der Waals surface area contributed by atoms with Crippen molar-refractivity contribution in [3.05, 3.63) is 82.3 Å². The van der Waals surface area contributed by atoms with Gasteiger partial charge in [-0.3, -0.25) is 28.0 Å². The maximum atomic E-state index is 14.3. The number of hydrogen-bond acceptors (Lipinski definition) is 17. The number of methoxy groups -OCH3 is 2. The first-order valence-electron chi connectivity index (χ1n) is 20.6. The molecule has 2 amide bonds. The van der Waals surface area contributed by atoms with E-state index in [0.717, 1.165) is 0 Å². The summed E-state index contributed by atoms with van der Waals surface area (Å²) in [6, 6.07) is 7.05. The van der Waals surface area contributed by atoms with E-state index in [1.54, 1.807) is 23.6 Å². The molecule has 2 aromatic rings. The fourth-order valence-electron chi connectivity index (χ4n) is 8.87. The van der Waals surface area contributed by atoms with Gasteiger partial charge < -0.3 is 34.0 Å². The molecule has 3 heterocycles. The quantitative estimate of drug-likeness (QED) is 0.0605. The second-order valence-corrected chi connectivity index (χ2v) is 21.0. The molecule has 1 saturated heterocycles. The van der Waals surface area contributed by atoms with E-state index in [1.165, 1.54) is 62.8 Å². The summed E-state index contributed by atoms with van der Waals surface area (Å²) < 4.78 is 119. The summed E-state index contributed by atoms with van der Waals surface area (Å²) in [6.07, 6.45) is 2.62. The zero-order valence-electron chi connectivity index (χ0n) is 36.5. The highest BCUT2D eigenvalue weighted by molar-refractivity contribution is 7.86. The summed E-state index contributed by atoms with van der Waals surface area (Å²) in [6.45, 7) is 3.74. The van der Waals surface area contributed by atoms with Crippen LogP contribution in [0.1, 0.15) is 63.5 Å². The molecule has 1 fully saturated rings. The fourth-order valence-corrected chi connectivity index (χ4v) is 10.4. The number of anilines is 2. The zero-order chi connectivity index (χ0) is 48.6. The standard InChI is InChI=1S/C42H51N3O18S3/c1-41(13-5-21-64(51,52)53)30-22-26(65(54,55)56)6-8-32(30)43(15-19-61-4)34(41)24-28-39(49)29(40(28)50)25-35-42(2,14-18-60-3)31-23-27(66(57,58)59)7-9-33(31)44(35)16-20-62-17-12-38(48)63-45-36(46)10-11-37(45)47/h6-9,22-25,34,49H,5,10-21H2,1-4H3,(H,51,52,53)(H,54,55,56)(H,57,58,59)/b28-24-,35-25+. The van der Waals surface area contributed by atoms with Crippen LogP contribution in [0.4, 0.5) is 11.4 Å². The summed E-state index contributed by atoms with van der Waals surface area (Å²) in [7, 11) is -10.9. The fraction of sp³-hybridized carbons (Fsp3) is 0.476. The van der Waals surface area contributed by atoms with Gasteiger partial charge in [0.25, 0.3) is 42.2 Å². The Morgan fingerprint density at radius 3 is 1.98 bits per heavy atom. The molecule has 3 aliphatic heterocycles. The Morgan fingerprint density at radius 2 is 1.41 bits per heavy atom. The van der Waals surface area contributed by atoms with Crippen molar-refractivity contribution < 1.29 is 82.2 Å². The zero-order valence-corrected chi connectivity index (χ0v) is 38.9. The molecule has 66 heavy (non-hydrogen) atoms. The van der Waals surface area contributed by atoms with Gasteiger partial charge in [-0.1, -0.05) is 6.92 Å². The van der Waals surface area contributed by atoms with Crippen molar-refractivity contribution in [1.82, 2.24) is 5.06 Å². The van der Waals surface area contributed by atoms with Gasteiger partial charge in [-0.25, -0.2) is 4.79 Å². The Balaban J connectivity index is 1.38. The molecule has 21 nitrogen and oxygen atoms in total. The number of rotatable bonds is 21. The third-order valence-electron chi connectivity index (χ3n) is 12.3. The minimum Gasteiger partial charge on any atom is -0.506 e. The van der Waals surface area contributed by atoms with E-state index in [0.29, 0.717) is 33.3 Å². The first kappa shape index (κ1) is 50.4. The summed E-state index contributed by atoms with van der Waals surface area (Å²) in [5.41, 5.74) is -0.406. The van der Waals surface area contributed by atoms with E-state index in [-0.39, 0.29) is 89.2 Å². The van der Waals surface area contributed by atoms with E-state index >= 15 is 0 Å². The van der Waals surface area contributed by atoms with E-state index in [4.69, 9.17) is 19.0 Å². The number of carbonyl (C=O) groups excluding carboxylic acids is 4. The summed E-state index contributed by atoms with van der Waals surface area (Å²) >= 11 is 0. The number of hydroxylamine groups is 2. The van der Waals surface area contributed by atoms with Gasteiger partial charge in [0.1, 0.15) is 5.76 Å². The molecule has 0 saturated carbocycles. The van der Waals surface area contributed by atoms with Crippen LogP contribution in [-0.2, 0) is 79.4 Å². The van der Waals surface area contributed by atoms with Crippen LogP contribution in [0.2, 0.25) is 0 Å². The van der Waals surface area contributed by atoms with Crippen LogP contribution in [0.15, 0.2) is 80.9 Å². The van der Waals surface area contributed by atoms with Crippen molar-refractivity contribution in [3.63, 3.8) is 0 Å². The maximum absolute atomic E-state index is 14.3. The average Bonchev–Trinajstić information content (AvgIpc) is 3.77. The Hall–Kier alpha value is -5.05. The van der Waals surface area contributed by atoms with Crippen LogP contribution in [0, 0.1) is 0 Å². The van der Waals surface area contributed by atoms with Gasteiger partial charge in [-0.05, 0) is 85.9 Å². The lowest BCUT2D eigenvalue weighted by atomic mass is 9.72. The first-order valence-corrected chi connectivity index (χ1v) is 25.1. The van der Waals surface area contributed by atoms with Crippen molar-refractivity contribution in [1.29, 1.82) is 0 Å². The number of ketones is 1. The minimum absolute atomic E-state index is 0.0277. The number of imide groups is 1. The van der Waals surface area contributed by atoms with E-state index in [2.05, 4.69) is 0 Å². The van der Waals surface area contributed by atoms with Gasteiger partial charge in [-0.15, -0.1) is 5.06 Å². The van der Waals surface area contributed by atoms with Crippen molar-refractivity contribution in [2.45, 2.75) is 79.0 Å². The third-order valence-corrected chi connectivity index (χ3v) is 14.8. The topological polar surface area (TPSA) is 298 Å². The average molecular weight is 982 g/mol. The van der Waals surface area contributed by atoms with Crippen molar-refractivity contribution in [2.24, 2.45) is 0 Å². The van der Waals surface area contributed by atoms with E-state index in [9.17, 15) is 63.2 Å². The smallest absolute Gasteiger partial charge is 0.335 e. The van der Waals surface area contributed by atoms with Gasteiger partial charge in [0.2, 0.25) is 0 Å². The molecule has 1 aliphatic carbocycles. The second-order valence-electron chi connectivity index (χ2n) is 16.6. The summed E-state index contributed by atoms with van der Waals surface area (Å²) in [5.74, 6) is -3.83. The highest BCUT2D eigenvalue weighted by atomic mass is 32.2. The lowest BCUT2D eigenvalue weighted by molar-refractivity contribution is -0.198. The molecule has 0 radical (unpaired) electrons. The van der Waals surface area contributed by atoms with Crippen LogP contribution in [0.5, 0.6) is 0 Å². The van der Waals surface area contributed by atoms with Gasteiger partial charge in [-0.2, -0.15) is 25.3 Å². The molecule has 360 valence electrons. The van der Waals surface area contributed by atoms with Gasteiger partial charge in [0.05, 0.1) is 59.0 Å². The van der Waals surface area contributed by atoms with Crippen molar-refractivity contribution >= 4 is 65.3 Å². The first-order chi connectivity index (χ1) is 30.9. The Labute approximate surface area is 381 Å². The van der Waals surface area contributed by atoms with E-state index < -0.39 is 92.1 Å². The molecule has 4 N–H and O–H groups in total. The van der Waals surface area contributed by atoms with Crippen LogP contribution in [0.25, 0.3) is 0 Å². The number of ether oxygens (including phenoxy) is 3. The number of fused-ring (bicyclic) bond motifs is 2. The number of aliphatic hydroxyl groups excluding tert-OH is 1. The monoisotopic (exact) mass is 981 g/mol. The summed E-state index contributed by atoms with van der Waals surface area (Å²) in [5, 5.41) is 12.2. The largest absolute Gasteiger partial charge is 0.506 e. The number of Topliss-reactive ketones (excluding diaryl/α,β-unsaturated/α-hetero) is 1. The van der Waals surface area contributed by atoms with Gasteiger partial charge in [0, 0.05) is 74.7 Å². The van der Waals surface area contributed by atoms with E-state index in [1.807, 2.05) is 0 Å². The molecule has 0 aromatic heterocycles. The number of amides is 2. The molecular formula is C42H51N3O18S3. The predicted octanol–water partition coefficient (Wildman–Crippen LogP) is 2.97. The molecule has 6 rings (SSSR count). The number of benzene rings is 2. The molecule has 0 spiro atoms. The van der Waals surface area contributed by atoms with Crippen LogP contribution < -0.4 is 9.80 Å². The summed E-state index contributed by atoms with van der Waals surface area (Å²) in [4.78, 5) is 58.0. The second kappa shape index (κ2) is 19.3. The van der Waals surface area contributed by atoms with Crippen LogP contribution in [0.3, 0.4) is 0 Å². The van der Waals surface area contributed by atoms with Gasteiger partial charge in [0.15, 0.2) is 5.78 Å². The normalized spacial score (nSPS) is 23.3. The highest BCUT2D eigenvalue weighted by Crippen LogP contribution is 2.53. The molecule has 2 aromatic carbocycles. The lowest BCUT2D eigenvalue weighted by Crippen LogP contribution is -2.44. The maximum Gasteiger partial charge on any atom is 0.335 e. The Bertz CT molecular complexity index is 2740. The van der Waals surface area contributed by atoms with Crippen LogP contribution in [-0.4, -0.2) is 138 Å². The minimum atomic E-state index is -4.70. The molecule has 3 unspecified atom stereocenters. The number of allylic oxidation sites excluding steroid dienone is 4. The highest BCUT2D eigenvalue weighted by Gasteiger charge is 2.50. The predicted molar refractivity (Wildman–Crippen MR) is 233 cm³/mol.